The van der Waals surface area contributed by atoms with Gasteiger partial charge in [0.05, 0.1) is 11.1 Å². The summed E-state index contributed by atoms with van der Waals surface area (Å²) in [5, 5.41) is 14.2. The number of ether oxygens (including phenoxy) is 3. The Kier molecular flexibility index (Phi) is 9.42. The van der Waals surface area contributed by atoms with Gasteiger partial charge in [0.15, 0.2) is 0 Å². The second kappa shape index (κ2) is 12.8. The summed E-state index contributed by atoms with van der Waals surface area (Å²) in [6.45, 7) is 10.8. The summed E-state index contributed by atoms with van der Waals surface area (Å²) in [6, 6.07) is 18.5. The summed E-state index contributed by atoms with van der Waals surface area (Å²) >= 11 is 0. The number of rotatable bonds is 9. The van der Waals surface area contributed by atoms with E-state index in [-0.39, 0.29) is 18.7 Å². The molecule has 0 fully saturated rings. The molecule has 2 aromatic carbocycles. The van der Waals surface area contributed by atoms with Gasteiger partial charge in [-0.3, -0.25) is 19.2 Å². The lowest BCUT2D eigenvalue weighted by Crippen LogP contribution is -2.37. The number of fused-ring (bicyclic) bond motifs is 1. The summed E-state index contributed by atoms with van der Waals surface area (Å²) in [7, 11) is 0. The summed E-state index contributed by atoms with van der Waals surface area (Å²) in [5.74, 6) is -0.623. The number of hydrogen-bond donors (Lipinski definition) is 2. The smallest absolute Gasteiger partial charge is 0.412 e. The van der Waals surface area contributed by atoms with Crippen LogP contribution < -0.4 is 10.9 Å². The molecule has 2 atom stereocenters. The van der Waals surface area contributed by atoms with Crippen molar-refractivity contribution in [1.29, 1.82) is 0 Å². The van der Waals surface area contributed by atoms with Crippen molar-refractivity contribution < 1.29 is 28.9 Å². The zero-order valence-electron chi connectivity index (χ0n) is 25.4. The minimum Gasteiger partial charge on any atom is -0.458 e. The first-order chi connectivity index (χ1) is 20.2. The number of para-hydroxylation sites is 1. The standard InChI is InChI=1S/C33H39N3O7/c1-32(2,3)42-29(38)27(19-23-20-36(31(40)43-33(4,5)6)26-17-11-10-15-24(23)26)35-18-12-16-25(28(35)37)34-30(39)41-21-22-13-8-7-9-14-22/h7-18,20,27,31,40H,19,21H2,1-6H3,(H,34,39)/t27-,31?/m0/s1. The summed E-state index contributed by atoms with van der Waals surface area (Å²) in [6.07, 6.45) is 1.17. The largest absolute Gasteiger partial charge is 0.458 e. The van der Waals surface area contributed by atoms with E-state index in [2.05, 4.69) is 5.32 Å². The molecule has 0 aliphatic carbocycles. The zero-order valence-corrected chi connectivity index (χ0v) is 25.4. The Bertz CT molecular complexity index is 1630. The number of benzene rings is 2. The topological polar surface area (TPSA) is 121 Å². The first-order valence-corrected chi connectivity index (χ1v) is 14.1. The van der Waals surface area contributed by atoms with Crippen molar-refractivity contribution in [2.24, 2.45) is 0 Å². The van der Waals surface area contributed by atoms with E-state index in [1.54, 1.807) is 37.6 Å². The van der Waals surface area contributed by atoms with Crippen LogP contribution >= 0.6 is 0 Å². The minimum atomic E-state index is -1.28. The van der Waals surface area contributed by atoms with E-state index in [1.807, 2.05) is 75.4 Å². The number of pyridine rings is 1. The molecule has 0 radical (unpaired) electrons. The molecule has 228 valence electrons. The molecule has 4 aromatic rings. The lowest BCUT2D eigenvalue weighted by Gasteiger charge is -2.25. The van der Waals surface area contributed by atoms with E-state index >= 15 is 0 Å². The van der Waals surface area contributed by atoms with E-state index < -0.39 is 41.3 Å². The van der Waals surface area contributed by atoms with Crippen molar-refractivity contribution >= 4 is 28.7 Å². The number of carbonyl (C=O) groups excluding carboxylic acids is 2. The van der Waals surface area contributed by atoms with Gasteiger partial charge in [-0.25, -0.2) is 9.59 Å². The van der Waals surface area contributed by atoms with E-state index in [4.69, 9.17) is 14.2 Å². The first-order valence-electron chi connectivity index (χ1n) is 14.1. The van der Waals surface area contributed by atoms with E-state index in [1.165, 1.54) is 16.8 Å². The Hall–Kier alpha value is -4.41. The normalized spacial score (nSPS) is 13.4. The number of nitrogens with one attached hydrogen (secondary N) is 1. The molecule has 2 aromatic heterocycles. The van der Waals surface area contributed by atoms with Crippen LogP contribution in [0.2, 0.25) is 0 Å². The Morgan fingerprint density at radius 2 is 1.56 bits per heavy atom. The SMILES string of the molecule is CC(C)(C)OC(=O)[C@H](Cc1cn(C(O)OC(C)(C)C)c2ccccc12)n1cccc(NC(=O)OCc2ccccc2)c1=O. The fourth-order valence-corrected chi connectivity index (χ4v) is 4.59. The summed E-state index contributed by atoms with van der Waals surface area (Å²) in [4.78, 5) is 39.8. The Morgan fingerprint density at radius 3 is 2.23 bits per heavy atom. The van der Waals surface area contributed by atoms with E-state index in [0.717, 1.165) is 10.9 Å². The number of aromatic nitrogens is 2. The van der Waals surface area contributed by atoms with Gasteiger partial charge in [0, 0.05) is 24.2 Å². The average molecular weight is 590 g/mol. The third kappa shape index (κ3) is 8.33. The number of anilines is 1. The van der Waals surface area contributed by atoms with Gasteiger partial charge in [-0.15, -0.1) is 0 Å². The molecule has 0 saturated heterocycles. The first kappa shape index (κ1) is 31.5. The average Bonchev–Trinajstić information content (AvgIpc) is 3.29. The summed E-state index contributed by atoms with van der Waals surface area (Å²) in [5.41, 5.74) is 0.0932. The fraction of sp³-hybridized carbons (Fsp3) is 0.364. The molecule has 10 heteroatoms. The molecule has 0 aliphatic rings. The molecule has 0 aliphatic heterocycles. The number of nitrogens with zero attached hydrogens (tertiary/aromatic N) is 2. The Morgan fingerprint density at radius 1 is 0.884 bits per heavy atom. The van der Waals surface area contributed by atoms with Gasteiger partial charge in [0.1, 0.15) is 23.9 Å². The van der Waals surface area contributed by atoms with Gasteiger partial charge >= 0.3 is 12.1 Å². The number of aliphatic hydroxyl groups is 1. The quantitative estimate of drug-likeness (QED) is 0.183. The van der Waals surface area contributed by atoms with Crippen LogP contribution in [-0.4, -0.2) is 37.5 Å². The molecule has 2 N–H and O–H groups in total. The number of amides is 1. The number of carbonyl (C=O) groups is 2. The maximum atomic E-state index is 13.6. The Labute approximate surface area is 250 Å². The van der Waals surface area contributed by atoms with E-state index in [9.17, 15) is 19.5 Å². The summed E-state index contributed by atoms with van der Waals surface area (Å²) < 4.78 is 19.6. The number of hydrogen-bond acceptors (Lipinski definition) is 7. The monoisotopic (exact) mass is 589 g/mol. The van der Waals surface area contributed by atoms with Gasteiger partial charge < -0.3 is 19.3 Å². The predicted octanol–water partition coefficient (Wildman–Crippen LogP) is 5.94. The molecule has 0 bridgehead atoms. The number of aliphatic hydroxyl groups excluding tert-OH is 1. The van der Waals surface area contributed by atoms with Gasteiger partial charge in [0.25, 0.3) is 5.56 Å². The highest BCUT2D eigenvalue weighted by molar-refractivity contribution is 5.86. The highest BCUT2D eigenvalue weighted by atomic mass is 16.6. The molecular formula is C33H39N3O7. The van der Waals surface area contributed by atoms with Crippen molar-refractivity contribution in [2.45, 2.75) is 78.2 Å². The van der Waals surface area contributed by atoms with Gasteiger partial charge in [0.2, 0.25) is 6.41 Å². The van der Waals surface area contributed by atoms with E-state index in [0.29, 0.717) is 11.1 Å². The molecule has 1 amide bonds. The van der Waals surface area contributed by atoms with Crippen LogP contribution in [0.4, 0.5) is 10.5 Å². The maximum Gasteiger partial charge on any atom is 0.412 e. The maximum absolute atomic E-state index is 13.6. The highest BCUT2D eigenvalue weighted by Crippen LogP contribution is 2.30. The van der Waals surface area contributed by atoms with Gasteiger partial charge in [-0.1, -0.05) is 48.5 Å². The van der Waals surface area contributed by atoms with Crippen LogP contribution in [0.5, 0.6) is 0 Å². The molecule has 1 unspecified atom stereocenters. The third-order valence-corrected chi connectivity index (χ3v) is 6.37. The van der Waals surface area contributed by atoms with Crippen molar-refractivity contribution in [3.63, 3.8) is 0 Å². The van der Waals surface area contributed by atoms with Crippen LogP contribution in [0.3, 0.4) is 0 Å². The predicted molar refractivity (Wildman–Crippen MR) is 164 cm³/mol. The lowest BCUT2D eigenvalue weighted by atomic mass is 10.0. The van der Waals surface area contributed by atoms with Crippen molar-refractivity contribution in [3.05, 3.63) is 101 Å². The molecule has 2 heterocycles. The van der Waals surface area contributed by atoms with Crippen LogP contribution in [0.25, 0.3) is 10.9 Å². The van der Waals surface area contributed by atoms with Crippen molar-refractivity contribution in [3.8, 4) is 0 Å². The van der Waals surface area contributed by atoms with Gasteiger partial charge in [-0.05, 0) is 70.9 Å². The lowest BCUT2D eigenvalue weighted by molar-refractivity contribution is -0.207. The fourth-order valence-electron chi connectivity index (χ4n) is 4.59. The second-order valence-electron chi connectivity index (χ2n) is 12.2. The minimum absolute atomic E-state index is 0.0308. The molecule has 10 nitrogen and oxygen atoms in total. The van der Waals surface area contributed by atoms with Gasteiger partial charge in [-0.2, -0.15) is 0 Å². The zero-order chi connectivity index (χ0) is 31.4. The van der Waals surface area contributed by atoms with Crippen LogP contribution in [0.1, 0.15) is 65.1 Å². The molecule has 4 rings (SSSR count). The molecule has 43 heavy (non-hydrogen) atoms. The van der Waals surface area contributed by atoms with Crippen molar-refractivity contribution in [1.82, 2.24) is 9.13 Å². The molecule has 0 saturated carbocycles. The molecular weight excluding hydrogens is 550 g/mol. The molecule has 0 spiro atoms. The van der Waals surface area contributed by atoms with Crippen LogP contribution in [0.15, 0.2) is 83.9 Å². The second-order valence-corrected chi connectivity index (χ2v) is 12.2. The highest BCUT2D eigenvalue weighted by Gasteiger charge is 2.30. The van der Waals surface area contributed by atoms with Crippen LogP contribution in [0, 0.1) is 0 Å². The number of esters is 1. The van der Waals surface area contributed by atoms with Crippen molar-refractivity contribution in [2.75, 3.05) is 5.32 Å². The van der Waals surface area contributed by atoms with Crippen LogP contribution in [-0.2, 0) is 32.0 Å². The third-order valence-electron chi connectivity index (χ3n) is 6.37. The Balaban J connectivity index is 1.67.